The lowest BCUT2D eigenvalue weighted by Crippen LogP contribution is -2.56. The molecule has 4 rings (SSSR count). The molecule has 2 heterocycles. The number of aromatic nitrogens is 2. The van der Waals surface area contributed by atoms with Gasteiger partial charge in [-0.3, -0.25) is 9.69 Å². The summed E-state index contributed by atoms with van der Waals surface area (Å²) >= 11 is 0. The summed E-state index contributed by atoms with van der Waals surface area (Å²) in [6.45, 7) is 1.50. The Bertz CT molecular complexity index is 977. The van der Waals surface area contributed by atoms with Crippen LogP contribution in [0, 0.1) is 0 Å². The highest BCUT2D eigenvalue weighted by molar-refractivity contribution is 5.94. The summed E-state index contributed by atoms with van der Waals surface area (Å²) in [7, 11) is 5.92. The number of hydrogen-bond donors (Lipinski definition) is 1. The molecule has 3 amide bonds. The fraction of sp³-hybridized carbons (Fsp3) is 0.520. The van der Waals surface area contributed by atoms with Gasteiger partial charge in [-0.25, -0.2) is 14.8 Å². The molecule has 34 heavy (non-hydrogen) atoms. The predicted octanol–water partition coefficient (Wildman–Crippen LogP) is 2.57. The summed E-state index contributed by atoms with van der Waals surface area (Å²) in [5, 5.41) is 2.75. The molecule has 0 unspecified atom stereocenters. The minimum atomic E-state index is -0.306. The van der Waals surface area contributed by atoms with E-state index in [0.29, 0.717) is 25.5 Å². The molecule has 2 fully saturated rings. The zero-order valence-corrected chi connectivity index (χ0v) is 20.2. The van der Waals surface area contributed by atoms with Crippen LogP contribution >= 0.6 is 0 Å². The fourth-order valence-corrected chi connectivity index (χ4v) is 5.54. The number of methoxy groups -OCH3 is 1. The van der Waals surface area contributed by atoms with E-state index in [-0.39, 0.29) is 29.6 Å². The van der Waals surface area contributed by atoms with Gasteiger partial charge in [0.2, 0.25) is 5.91 Å². The lowest BCUT2D eigenvalue weighted by Gasteiger charge is -2.51. The Morgan fingerprint density at radius 3 is 2.50 bits per heavy atom. The molecule has 1 aliphatic heterocycles. The minimum Gasteiger partial charge on any atom is -0.383 e. The number of hydrogen-bond acceptors (Lipinski definition) is 6. The van der Waals surface area contributed by atoms with Gasteiger partial charge in [-0.15, -0.1) is 0 Å². The van der Waals surface area contributed by atoms with Crippen LogP contribution in [0.1, 0.15) is 31.2 Å². The van der Waals surface area contributed by atoms with E-state index >= 15 is 0 Å². The van der Waals surface area contributed by atoms with Gasteiger partial charge in [0.05, 0.1) is 12.1 Å². The van der Waals surface area contributed by atoms with Crippen LogP contribution in [0.2, 0.25) is 0 Å². The van der Waals surface area contributed by atoms with E-state index in [2.05, 4.69) is 58.5 Å². The van der Waals surface area contributed by atoms with Crippen LogP contribution in [0.4, 0.5) is 10.6 Å². The van der Waals surface area contributed by atoms with Crippen LogP contribution in [0.3, 0.4) is 0 Å². The second-order valence-electron chi connectivity index (χ2n) is 9.44. The summed E-state index contributed by atoms with van der Waals surface area (Å²) in [6, 6.07) is 12.1. The molecule has 1 aliphatic carbocycles. The zero-order valence-electron chi connectivity index (χ0n) is 20.2. The molecule has 1 aromatic heterocycles. The third-order valence-electron chi connectivity index (χ3n) is 7.44. The van der Waals surface area contributed by atoms with E-state index in [4.69, 9.17) is 4.74 Å². The molecule has 1 spiro atoms. The van der Waals surface area contributed by atoms with Gasteiger partial charge in [-0.2, -0.15) is 0 Å². The summed E-state index contributed by atoms with van der Waals surface area (Å²) < 4.78 is 5.32. The molecular weight excluding hydrogens is 432 g/mol. The normalized spacial score (nSPS) is 24.8. The molecule has 9 nitrogen and oxygen atoms in total. The summed E-state index contributed by atoms with van der Waals surface area (Å²) in [5.74, 6) is 0.160. The molecule has 182 valence electrons. The van der Waals surface area contributed by atoms with Crippen molar-refractivity contribution in [2.75, 3.05) is 52.8 Å². The van der Waals surface area contributed by atoms with Gasteiger partial charge in [0.15, 0.2) is 0 Å². The molecule has 0 atom stereocenters. The largest absolute Gasteiger partial charge is 0.383 e. The number of carbonyl (C=O) groups excluding carboxylic acids is 2. The van der Waals surface area contributed by atoms with Crippen molar-refractivity contribution in [3.8, 4) is 0 Å². The summed E-state index contributed by atoms with van der Waals surface area (Å²) in [4.78, 5) is 39.9. The molecule has 0 bridgehead atoms. The van der Waals surface area contributed by atoms with Crippen LogP contribution in [0.5, 0.6) is 0 Å². The Labute approximate surface area is 201 Å². The number of ether oxygens (including phenoxy) is 1. The Balaban J connectivity index is 1.51. The molecule has 0 radical (unpaired) electrons. The first-order valence-electron chi connectivity index (χ1n) is 11.7. The van der Waals surface area contributed by atoms with Crippen molar-refractivity contribution >= 4 is 17.8 Å². The van der Waals surface area contributed by atoms with E-state index in [1.807, 2.05) is 11.0 Å². The Morgan fingerprint density at radius 1 is 1.15 bits per heavy atom. The van der Waals surface area contributed by atoms with E-state index in [9.17, 15) is 9.59 Å². The van der Waals surface area contributed by atoms with Crippen molar-refractivity contribution in [2.24, 2.45) is 0 Å². The molecule has 2 aliphatic rings. The van der Waals surface area contributed by atoms with E-state index in [1.165, 1.54) is 11.9 Å². The predicted molar refractivity (Wildman–Crippen MR) is 129 cm³/mol. The van der Waals surface area contributed by atoms with Crippen LogP contribution < -0.4 is 5.32 Å². The molecule has 2 aromatic rings. The molecule has 9 heteroatoms. The van der Waals surface area contributed by atoms with Crippen molar-refractivity contribution in [3.05, 3.63) is 54.5 Å². The number of amides is 3. The average Bonchev–Trinajstić information content (AvgIpc) is 3.09. The van der Waals surface area contributed by atoms with Gasteiger partial charge < -0.3 is 19.9 Å². The van der Waals surface area contributed by atoms with Crippen LogP contribution in [0.25, 0.3) is 0 Å². The van der Waals surface area contributed by atoms with Gasteiger partial charge in [-0.1, -0.05) is 30.3 Å². The van der Waals surface area contributed by atoms with Gasteiger partial charge in [0.25, 0.3) is 0 Å². The molecule has 1 saturated carbocycles. The van der Waals surface area contributed by atoms with E-state index in [1.54, 1.807) is 24.3 Å². The van der Waals surface area contributed by atoms with Crippen molar-refractivity contribution in [3.63, 3.8) is 0 Å². The zero-order chi connectivity index (χ0) is 24.2. The van der Waals surface area contributed by atoms with E-state index in [0.717, 1.165) is 25.7 Å². The van der Waals surface area contributed by atoms with Crippen LogP contribution in [-0.4, -0.2) is 89.6 Å². The number of anilines is 1. The van der Waals surface area contributed by atoms with Crippen molar-refractivity contribution in [1.29, 1.82) is 0 Å². The average molecular weight is 467 g/mol. The smallest absolute Gasteiger partial charge is 0.321 e. The number of rotatable bonds is 8. The van der Waals surface area contributed by atoms with Crippen LogP contribution in [0.15, 0.2) is 48.9 Å². The lowest BCUT2D eigenvalue weighted by molar-refractivity contribution is -0.116. The number of carbonyl (C=O) groups is 2. The van der Waals surface area contributed by atoms with E-state index < -0.39 is 0 Å². The Hall–Kier alpha value is -3.04. The monoisotopic (exact) mass is 466 g/mol. The highest BCUT2D eigenvalue weighted by Crippen LogP contribution is 2.48. The quantitative estimate of drug-likeness (QED) is 0.643. The van der Waals surface area contributed by atoms with Gasteiger partial charge in [-0.05, 0) is 51.4 Å². The standard InChI is InChI=1S/C25H34N6O3/c1-29(2)25(20-7-5-4-6-8-20)12-10-24(11-13-25)18-30(23(33)31(24)15-16-34-3)17-22(32)28-21-9-14-26-19-27-21/h4-9,14,19H,10-13,15-18H2,1-3H3,(H,26,27,28,32)/t24-,25+. The molecule has 1 N–H and O–H groups in total. The fourth-order valence-electron chi connectivity index (χ4n) is 5.54. The maximum absolute atomic E-state index is 13.4. The highest BCUT2D eigenvalue weighted by Gasteiger charge is 2.54. The maximum atomic E-state index is 13.4. The second kappa shape index (κ2) is 10.1. The van der Waals surface area contributed by atoms with Crippen molar-refractivity contribution in [1.82, 2.24) is 24.7 Å². The highest BCUT2D eigenvalue weighted by atomic mass is 16.5. The van der Waals surface area contributed by atoms with Crippen molar-refractivity contribution in [2.45, 2.75) is 36.8 Å². The first kappa shape index (κ1) is 24.1. The summed E-state index contributed by atoms with van der Waals surface area (Å²) in [5.41, 5.74) is 0.933. The number of benzene rings is 1. The third-order valence-corrected chi connectivity index (χ3v) is 7.44. The molecule has 1 saturated heterocycles. The Morgan fingerprint density at radius 2 is 1.88 bits per heavy atom. The summed E-state index contributed by atoms with van der Waals surface area (Å²) in [6.07, 6.45) is 6.53. The minimum absolute atomic E-state index is 0.00836. The first-order chi connectivity index (χ1) is 16.4. The Kier molecular flexibility index (Phi) is 7.13. The number of urea groups is 1. The topological polar surface area (TPSA) is 90.9 Å². The van der Waals surface area contributed by atoms with Gasteiger partial charge in [0, 0.05) is 31.9 Å². The number of nitrogens with one attached hydrogen (secondary N) is 1. The second-order valence-corrected chi connectivity index (χ2v) is 9.44. The van der Waals surface area contributed by atoms with Crippen LogP contribution in [-0.2, 0) is 15.1 Å². The van der Waals surface area contributed by atoms with Gasteiger partial charge >= 0.3 is 6.03 Å². The number of nitrogens with zero attached hydrogens (tertiary/aromatic N) is 5. The molecule has 1 aromatic carbocycles. The molecular formula is C25H34N6O3. The lowest BCUT2D eigenvalue weighted by atomic mass is 9.68. The third kappa shape index (κ3) is 4.63. The van der Waals surface area contributed by atoms with Crippen molar-refractivity contribution < 1.29 is 14.3 Å². The first-order valence-corrected chi connectivity index (χ1v) is 11.7. The maximum Gasteiger partial charge on any atom is 0.321 e. The SMILES string of the molecule is COCCN1C(=O)N(CC(=O)Nc2ccncn2)C[C@]12CC[C@](c1ccccc1)(N(C)C)CC2. The van der Waals surface area contributed by atoms with Gasteiger partial charge in [0.1, 0.15) is 18.7 Å².